The molecular weight excluding hydrogens is 256 g/mol. The van der Waals surface area contributed by atoms with E-state index in [4.69, 9.17) is 0 Å². The minimum Gasteiger partial charge on any atom is -0.314 e. The van der Waals surface area contributed by atoms with Crippen molar-refractivity contribution in [1.82, 2.24) is 10.2 Å². The smallest absolute Gasteiger partial charge is 0.0234 e. The van der Waals surface area contributed by atoms with Crippen molar-refractivity contribution in [2.45, 2.75) is 19.9 Å². The van der Waals surface area contributed by atoms with Crippen LogP contribution < -0.4 is 5.32 Å². The van der Waals surface area contributed by atoms with E-state index >= 15 is 0 Å². The first-order valence-corrected chi connectivity index (χ1v) is 7.96. The largest absolute Gasteiger partial charge is 0.314 e. The zero-order chi connectivity index (χ0) is 14.5. The molecule has 0 aliphatic carbocycles. The molecule has 0 radical (unpaired) electrons. The van der Waals surface area contributed by atoms with Crippen LogP contribution in [0.15, 0.2) is 48.5 Å². The standard InChI is InChI=1S/C19H24N2/c1-2-16-3-7-18(8-4-16)19-9-5-17(6-10-19)15-21-13-11-20-12-14-21/h3-10,20H,2,11-15H2,1H3. The predicted molar refractivity (Wildman–Crippen MR) is 89.4 cm³/mol. The molecule has 0 bridgehead atoms. The second-order valence-corrected chi connectivity index (χ2v) is 5.77. The summed E-state index contributed by atoms with van der Waals surface area (Å²) in [5.41, 5.74) is 5.42. The molecule has 0 saturated carbocycles. The van der Waals surface area contributed by atoms with Crippen LogP contribution in [0.25, 0.3) is 11.1 Å². The van der Waals surface area contributed by atoms with Crippen molar-refractivity contribution in [1.29, 1.82) is 0 Å². The fourth-order valence-electron chi connectivity index (χ4n) is 2.86. The molecular formula is C19H24N2. The highest BCUT2D eigenvalue weighted by molar-refractivity contribution is 5.63. The molecule has 110 valence electrons. The summed E-state index contributed by atoms with van der Waals surface area (Å²) in [6, 6.07) is 17.9. The van der Waals surface area contributed by atoms with Gasteiger partial charge >= 0.3 is 0 Å². The van der Waals surface area contributed by atoms with Crippen LogP contribution in [0.4, 0.5) is 0 Å². The zero-order valence-electron chi connectivity index (χ0n) is 12.8. The van der Waals surface area contributed by atoms with Crippen molar-refractivity contribution in [2.75, 3.05) is 26.2 Å². The molecule has 0 unspecified atom stereocenters. The lowest BCUT2D eigenvalue weighted by atomic mass is 10.0. The lowest BCUT2D eigenvalue weighted by Gasteiger charge is -2.27. The van der Waals surface area contributed by atoms with Crippen molar-refractivity contribution in [3.63, 3.8) is 0 Å². The van der Waals surface area contributed by atoms with Crippen LogP contribution in [-0.4, -0.2) is 31.1 Å². The SMILES string of the molecule is CCc1ccc(-c2ccc(CN3CCNCC3)cc2)cc1. The topological polar surface area (TPSA) is 15.3 Å². The Hall–Kier alpha value is -1.64. The minimum atomic E-state index is 1.07. The van der Waals surface area contributed by atoms with Gasteiger partial charge in [0.1, 0.15) is 0 Å². The Labute approximate surface area is 127 Å². The molecule has 3 rings (SSSR count). The van der Waals surface area contributed by atoms with Crippen LogP contribution in [-0.2, 0) is 13.0 Å². The van der Waals surface area contributed by atoms with Gasteiger partial charge in [0.2, 0.25) is 0 Å². The summed E-state index contributed by atoms with van der Waals surface area (Å²) in [7, 11) is 0. The maximum atomic E-state index is 3.40. The number of nitrogens with one attached hydrogen (secondary N) is 1. The third-order valence-electron chi connectivity index (χ3n) is 4.27. The third-order valence-corrected chi connectivity index (χ3v) is 4.27. The molecule has 21 heavy (non-hydrogen) atoms. The molecule has 2 nitrogen and oxygen atoms in total. The van der Waals surface area contributed by atoms with E-state index < -0.39 is 0 Å². The van der Waals surface area contributed by atoms with E-state index in [1.807, 2.05) is 0 Å². The number of rotatable bonds is 4. The fraction of sp³-hybridized carbons (Fsp3) is 0.368. The molecule has 1 aliphatic heterocycles. The summed E-state index contributed by atoms with van der Waals surface area (Å²) in [5, 5.41) is 3.40. The number of hydrogen-bond donors (Lipinski definition) is 1. The molecule has 0 spiro atoms. The Kier molecular flexibility index (Phi) is 4.69. The summed E-state index contributed by atoms with van der Waals surface area (Å²) >= 11 is 0. The monoisotopic (exact) mass is 280 g/mol. The molecule has 1 heterocycles. The first kappa shape index (κ1) is 14.3. The van der Waals surface area contributed by atoms with E-state index in [2.05, 4.69) is 65.7 Å². The van der Waals surface area contributed by atoms with E-state index in [0.717, 1.165) is 39.1 Å². The number of aryl methyl sites for hydroxylation is 1. The molecule has 1 saturated heterocycles. The Morgan fingerprint density at radius 2 is 1.33 bits per heavy atom. The van der Waals surface area contributed by atoms with E-state index in [1.165, 1.54) is 22.3 Å². The van der Waals surface area contributed by atoms with E-state index in [1.54, 1.807) is 0 Å². The van der Waals surface area contributed by atoms with Crippen molar-refractivity contribution in [2.24, 2.45) is 0 Å². The van der Waals surface area contributed by atoms with Gasteiger partial charge in [0, 0.05) is 32.7 Å². The maximum absolute atomic E-state index is 3.40. The van der Waals surface area contributed by atoms with Gasteiger partial charge in [-0.15, -0.1) is 0 Å². The first-order chi connectivity index (χ1) is 10.3. The third kappa shape index (κ3) is 3.72. The quantitative estimate of drug-likeness (QED) is 0.924. The van der Waals surface area contributed by atoms with Gasteiger partial charge in [-0.3, -0.25) is 4.90 Å². The molecule has 0 aromatic heterocycles. The lowest BCUT2D eigenvalue weighted by molar-refractivity contribution is 0.233. The van der Waals surface area contributed by atoms with Gasteiger partial charge in [-0.25, -0.2) is 0 Å². The van der Waals surface area contributed by atoms with E-state index in [0.29, 0.717) is 0 Å². The van der Waals surface area contributed by atoms with Gasteiger partial charge in [0.05, 0.1) is 0 Å². The summed E-state index contributed by atoms with van der Waals surface area (Å²) in [5.74, 6) is 0. The van der Waals surface area contributed by atoms with E-state index in [9.17, 15) is 0 Å². The van der Waals surface area contributed by atoms with E-state index in [-0.39, 0.29) is 0 Å². The number of nitrogens with zero attached hydrogens (tertiary/aromatic N) is 1. The van der Waals surface area contributed by atoms with Gasteiger partial charge < -0.3 is 5.32 Å². The molecule has 0 atom stereocenters. The van der Waals surface area contributed by atoms with Crippen LogP contribution in [0.2, 0.25) is 0 Å². The average molecular weight is 280 g/mol. The molecule has 2 heteroatoms. The molecule has 1 aliphatic rings. The highest BCUT2D eigenvalue weighted by atomic mass is 15.2. The second kappa shape index (κ2) is 6.88. The molecule has 2 aromatic rings. The van der Waals surface area contributed by atoms with Crippen molar-refractivity contribution < 1.29 is 0 Å². The van der Waals surface area contributed by atoms with Gasteiger partial charge in [0.25, 0.3) is 0 Å². The summed E-state index contributed by atoms with van der Waals surface area (Å²) < 4.78 is 0. The number of benzene rings is 2. The van der Waals surface area contributed by atoms with Crippen LogP contribution in [0.1, 0.15) is 18.1 Å². The summed E-state index contributed by atoms with van der Waals surface area (Å²) in [6.07, 6.45) is 1.10. The number of hydrogen-bond acceptors (Lipinski definition) is 2. The molecule has 1 N–H and O–H groups in total. The highest BCUT2D eigenvalue weighted by Crippen LogP contribution is 2.21. The molecule has 0 amide bonds. The molecule has 1 fully saturated rings. The Morgan fingerprint density at radius 1 is 0.810 bits per heavy atom. The number of piperazine rings is 1. The van der Waals surface area contributed by atoms with Crippen molar-refractivity contribution in [3.05, 3.63) is 59.7 Å². The van der Waals surface area contributed by atoms with Crippen LogP contribution in [0, 0.1) is 0 Å². The van der Waals surface area contributed by atoms with Gasteiger partial charge in [-0.2, -0.15) is 0 Å². The normalized spacial score (nSPS) is 16.0. The van der Waals surface area contributed by atoms with Gasteiger partial charge in [-0.05, 0) is 28.7 Å². The average Bonchev–Trinajstić information content (AvgIpc) is 2.57. The van der Waals surface area contributed by atoms with Crippen LogP contribution in [0.5, 0.6) is 0 Å². The minimum absolute atomic E-state index is 1.07. The fourth-order valence-corrected chi connectivity index (χ4v) is 2.86. The Bertz CT molecular complexity index is 551. The maximum Gasteiger partial charge on any atom is 0.0234 e. The second-order valence-electron chi connectivity index (χ2n) is 5.77. The highest BCUT2D eigenvalue weighted by Gasteiger charge is 2.09. The zero-order valence-corrected chi connectivity index (χ0v) is 12.8. The van der Waals surface area contributed by atoms with Crippen molar-refractivity contribution >= 4 is 0 Å². The Balaban J connectivity index is 1.67. The van der Waals surface area contributed by atoms with Crippen molar-refractivity contribution in [3.8, 4) is 11.1 Å². The van der Waals surface area contributed by atoms with Crippen LogP contribution >= 0.6 is 0 Å². The lowest BCUT2D eigenvalue weighted by Crippen LogP contribution is -2.42. The van der Waals surface area contributed by atoms with Gasteiger partial charge in [-0.1, -0.05) is 55.5 Å². The van der Waals surface area contributed by atoms with Gasteiger partial charge in [0.15, 0.2) is 0 Å². The van der Waals surface area contributed by atoms with Crippen LogP contribution in [0.3, 0.4) is 0 Å². The predicted octanol–water partition coefficient (Wildman–Crippen LogP) is 3.32. The summed E-state index contributed by atoms with van der Waals surface area (Å²) in [6.45, 7) is 7.79. The molecule has 2 aromatic carbocycles. The Morgan fingerprint density at radius 3 is 1.86 bits per heavy atom. The summed E-state index contributed by atoms with van der Waals surface area (Å²) in [4.78, 5) is 2.52. The first-order valence-electron chi connectivity index (χ1n) is 7.96.